The molecule has 1 fully saturated rings. The number of piperidine rings is 1. The Hall–Kier alpha value is -2.35. The van der Waals surface area contributed by atoms with Crippen LogP contribution in [0, 0.1) is 0 Å². The quantitative estimate of drug-likeness (QED) is 0.790. The van der Waals surface area contributed by atoms with E-state index in [0.29, 0.717) is 11.3 Å². The van der Waals surface area contributed by atoms with Crippen molar-refractivity contribution in [1.82, 2.24) is 10.2 Å². The molecule has 7 nitrogen and oxygen atoms in total. The van der Waals surface area contributed by atoms with E-state index in [1.165, 1.54) is 18.2 Å². The van der Waals surface area contributed by atoms with Gasteiger partial charge in [-0.05, 0) is 57.4 Å². The largest absolute Gasteiger partial charge is 0.351 e. The summed E-state index contributed by atoms with van der Waals surface area (Å²) in [6.45, 7) is 5.65. The highest BCUT2D eigenvalue weighted by molar-refractivity contribution is 8.15. The summed E-state index contributed by atoms with van der Waals surface area (Å²) in [5.74, 6) is -0.620. The van der Waals surface area contributed by atoms with Crippen LogP contribution in [0.2, 0.25) is 0 Å². The number of benzene rings is 1. The van der Waals surface area contributed by atoms with Gasteiger partial charge in [-0.15, -0.1) is 0 Å². The maximum absolute atomic E-state index is 12.3. The number of aliphatic imine (C=N–C) groups is 1. The summed E-state index contributed by atoms with van der Waals surface area (Å²) in [6.07, 6.45) is 3.53. The van der Waals surface area contributed by atoms with Gasteiger partial charge < -0.3 is 15.5 Å². The predicted molar refractivity (Wildman–Crippen MR) is 112 cm³/mol. The van der Waals surface area contributed by atoms with Crippen LogP contribution >= 0.6 is 11.8 Å². The Kier molecular flexibility index (Phi) is 6.72. The van der Waals surface area contributed by atoms with Crippen molar-refractivity contribution in [2.24, 2.45) is 4.99 Å². The number of carbonyl (C=O) groups excluding carboxylic acids is 3. The zero-order chi connectivity index (χ0) is 20.1. The van der Waals surface area contributed by atoms with Gasteiger partial charge in [0.05, 0.1) is 0 Å². The third-order valence-corrected chi connectivity index (χ3v) is 5.79. The first-order chi connectivity index (χ1) is 13.4. The molecule has 150 valence electrons. The van der Waals surface area contributed by atoms with E-state index >= 15 is 0 Å². The second-order valence-electron chi connectivity index (χ2n) is 7.34. The Morgan fingerprint density at radius 2 is 1.86 bits per heavy atom. The van der Waals surface area contributed by atoms with Gasteiger partial charge in [-0.25, -0.2) is 0 Å². The minimum Gasteiger partial charge on any atom is -0.351 e. The third-order valence-electron chi connectivity index (χ3n) is 4.58. The molecule has 0 bridgehead atoms. The molecule has 3 amide bonds. The van der Waals surface area contributed by atoms with Crippen molar-refractivity contribution in [2.45, 2.75) is 50.8 Å². The molecule has 28 heavy (non-hydrogen) atoms. The molecule has 3 rings (SSSR count). The lowest BCUT2D eigenvalue weighted by atomic mass is 10.1. The molecular formula is C20H26N4O3S. The summed E-state index contributed by atoms with van der Waals surface area (Å²) < 4.78 is 0. The minimum atomic E-state index is -0.465. The molecule has 0 radical (unpaired) electrons. The van der Waals surface area contributed by atoms with Crippen molar-refractivity contribution in [3.63, 3.8) is 0 Å². The molecule has 0 unspecified atom stereocenters. The normalized spacial score (nSPS) is 19.5. The maximum atomic E-state index is 12.3. The maximum Gasteiger partial charge on any atom is 0.262 e. The number of amidine groups is 1. The summed E-state index contributed by atoms with van der Waals surface area (Å²) in [5, 5.41) is 5.90. The molecule has 8 heteroatoms. The number of hydrogen-bond donors (Lipinski definition) is 2. The zero-order valence-electron chi connectivity index (χ0n) is 16.2. The molecular weight excluding hydrogens is 376 g/mol. The van der Waals surface area contributed by atoms with E-state index < -0.39 is 5.25 Å². The standard InChI is InChI=1S/C20H26N4O3S/c1-13(2)21-18(26)14-6-8-15(9-7-14)22-17(25)12-16-19(27)23-20(28-16)24-10-4-3-5-11-24/h6-9,13,16H,3-5,10-12H2,1-2H3,(H,21,26)(H,22,25)/t16-/m1/s1. The van der Waals surface area contributed by atoms with Gasteiger partial charge in [0.25, 0.3) is 11.8 Å². The Balaban J connectivity index is 1.50. The van der Waals surface area contributed by atoms with E-state index in [-0.39, 0.29) is 30.2 Å². The SMILES string of the molecule is CC(C)NC(=O)c1ccc(NC(=O)C[C@H]2SC(N3CCCCC3)=NC2=O)cc1. The molecule has 1 aromatic rings. The lowest BCUT2D eigenvalue weighted by Crippen LogP contribution is -2.33. The minimum absolute atomic E-state index is 0.0605. The highest BCUT2D eigenvalue weighted by Crippen LogP contribution is 2.29. The van der Waals surface area contributed by atoms with Gasteiger partial charge in [0, 0.05) is 36.8 Å². The number of anilines is 1. The first-order valence-corrected chi connectivity index (χ1v) is 10.6. The fraction of sp³-hybridized carbons (Fsp3) is 0.500. The molecule has 0 saturated carbocycles. The average Bonchev–Trinajstić information content (AvgIpc) is 3.03. The second kappa shape index (κ2) is 9.23. The van der Waals surface area contributed by atoms with Crippen molar-refractivity contribution in [3.05, 3.63) is 29.8 Å². The Bertz CT molecular complexity index is 770. The topological polar surface area (TPSA) is 90.9 Å². The lowest BCUT2D eigenvalue weighted by Gasteiger charge is -2.27. The van der Waals surface area contributed by atoms with Crippen molar-refractivity contribution < 1.29 is 14.4 Å². The summed E-state index contributed by atoms with van der Waals surface area (Å²) >= 11 is 1.39. The Morgan fingerprint density at radius 3 is 2.50 bits per heavy atom. The van der Waals surface area contributed by atoms with Crippen LogP contribution in [0.4, 0.5) is 5.69 Å². The van der Waals surface area contributed by atoms with Gasteiger partial charge in [-0.1, -0.05) is 11.8 Å². The van der Waals surface area contributed by atoms with Gasteiger partial charge in [0.1, 0.15) is 5.25 Å². The Labute approximate surface area is 169 Å². The first kappa shape index (κ1) is 20.4. The highest BCUT2D eigenvalue weighted by Gasteiger charge is 2.33. The van der Waals surface area contributed by atoms with E-state index in [1.54, 1.807) is 24.3 Å². The van der Waals surface area contributed by atoms with Crippen LogP contribution in [-0.4, -0.2) is 52.2 Å². The molecule has 2 aliphatic heterocycles. The van der Waals surface area contributed by atoms with Crippen LogP contribution in [0.15, 0.2) is 29.3 Å². The second-order valence-corrected chi connectivity index (χ2v) is 8.51. The van der Waals surface area contributed by atoms with Gasteiger partial charge in [-0.2, -0.15) is 4.99 Å². The first-order valence-electron chi connectivity index (χ1n) is 9.67. The molecule has 0 aromatic heterocycles. The number of rotatable bonds is 5. The molecule has 2 aliphatic rings. The average molecular weight is 403 g/mol. The molecule has 1 saturated heterocycles. The Morgan fingerprint density at radius 1 is 1.18 bits per heavy atom. The van der Waals surface area contributed by atoms with Crippen LogP contribution < -0.4 is 10.6 Å². The smallest absolute Gasteiger partial charge is 0.262 e. The summed E-state index contributed by atoms with van der Waals surface area (Å²) in [5.41, 5.74) is 1.13. The van der Waals surface area contributed by atoms with Crippen LogP contribution in [0.25, 0.3) is 0 Å². The fourth-order valence-corrected chi connectivity index (χ4v) is 4.28. The predicted octanol–water partition coefficient (Wildman–Crippen LogP) is 2.64. The molecule has 1 atom stereocenters. The van der Waals surface area contributed by atoms with E-state index in [4.69, 9.17) is 0 Å². The molecule has 1 aromatic carbocycles. The number of likely N-dealkylation sites (tertiary alicyclic amines) is 1. The van der Waals surface area contributed by atoms with E-state index in [9.17, 15) is 14.4 Å². The lowest BCUT2D eigenvalue weighted by molar-refractivity contribution is -0.121. The molecule has 0 spiro atoms. The van der Waals surface area contributed by atoms with Crippen LogP contribution in [-0.2, 0) is 9.59 Å². The van der Waals surface area contributed by atoms with E-state index in [1.807, 2.05) is 13.8 Å². The fourth-order valence-electron chi connectivity index (χ4n) is 3.16. The van der Waals surface area contributed by atoms with Crippen molar-refractivity contribution in [3.8, 4) is 0 Å². The van der Waals surface area contributed by atoms with Gasteiger partial charge >= 0.3 is 0 Å². The van der Waals surface area contributed by atoms with Gasteiger partial charge in [0.15, 0.2) is 5.17 Å². The van der Waals surface area contributed by atoms with Gasteiger partial charge in [-0.3, -0.25) is 14.4 Å². The van der Waals surface area contributed by atoms with Crippen LogP contribution in [0.5, 0.6) is 0 Å². The summed E-state index contributed by atoms with van der Waals surface area (Å²) in [7, 11) is 0. The summed E-state index contributed by atoms with van der Waals surface area (Å²) in [4.78, 5) is 42.8. The number of hydrogen-bond acceptors (Lipinski definition) is 5. The molecule has 0 aliphatic carbocycles. The van der Waals surface area contributed by atoms with E-state index in [0.717, 1.165) is 31.1 Å². The number of amides is 3. The highest BCUT2D eigenvalue weighted by atomic mass is 32.2. The van der Waals surface area contributed by atoms with Crippen LogP contribution in [0.3, 0.4) is 0 Å². The van der Waals surface area contributed by atoms with E-state index in [2.05, 4.69) is 20.5 Å². The van der Waals surface area contributed by atoms with Crippen molar-refractivity contribution in [2.75, 3.05) is 18.4 Å². The number of nitrogens with one attached hydrogen (secondary N) is 2. The zero-order valence-corrected chi connectivity index (χ0v) is 17.1. The van der Waals surface area contributed by atoms with Crippen molar-refractivity contribution >= 4 is 40.3 Å². The molecule has 2 heterocycles. The van der Waals surface area contributed by atoms with Crippen LogP contribution in [0.1, 0.15) is 49.9 Å². The number of nitrogens with zero attached hydrogens (tertiary/aromatic N) is 2. The van der Waals surface area contributed by atoms with Crippen molar-refractivity contribution in [1.29, 1.82) is 0 Å². The third kappa shape index (κ3) is 5.34. The number of carbonyl (C=O) groups is 3. The monoisotopic (exact) mass is 402 g/mol. The summed E-state index contributed by atoms with van der Waals surface area (Å²) in [6, 6.07) is 6.77. The molecule has 2 N–H and O–H groups in total. The number of thioether (sulfide) groups is 1. The van der Waals surface area contributed by atoms with Gasteiger partial charge in [0.2, 0.25) is 5.91 Å².